The SMILES string of the molecule is N/N=C\c1ccc(C(F)(F)F)cc1. The molecule has 2 nitrogen and oxygen atoms in total. The van der Waals surface area contributed by atoms with Gasteiger partial charge >= 0.3 is 6.18 Å². The van der Waals surface area contributed by atoms with E-state index in [0.29, 0.717) is 5.56 Å². The van der Waals surface area contributed by atoms with E-state index in [1.807, 2.05) is 0 Å². The second kappa shape index (κ2) is 3.47. The fourth-order valence-corrected chi connectivity index (χ4v) is 0.844. The van der Waals surface area contributed by atoms with E-state index in [2.05, 4.69) is 5.10 Å². The largest absolute Gasteiger partial charge is 0.416 e. The van der Waals surface area contributed by atoms with E-state index in [9.17, 15) is 13.2 Å². The van der Waals surface area contributed by atoms with Gasteiger partial charge in [-0.3, -0.25) is 0 Å². The molecular formula is C8H7F3N2. The number of benzene rings is 1. The first-order valence-corrected chi connectivity index (χ1v) is 3.44. The van der Waals surface area contributed by atoms with Crippen LogP contribution in [0.15, 0.2) is 29.4 Å². The molecule has 0 fully saturated rings. The van der Waals surface area contributed by atoms with Crippen LogP contribution in [0.2, 0.25) is 0 Å². The molecule has 1 aromatic rings. The van der Waals surface area contributed by atoms with Gasteiger partial charge in [-0.05, 0) is 17.7 Å². The van der Waals surface area contributed by atoms with Gasteiger partial charge in [0.1, 0.15) is 0 Å². The molecule has 0 unspecified atom stereocenters. The molecule has 0 saturated heterocycles. The smallest absolute Gasteiger partial charge is 0.323 e. The van der Waals surface area contributed by atoms with Gasteiger partial charge in [0.05, 0.1) is 11.8 Å². The van der Waals surface area contributed by atoms with Gasteiger partial charge in [0.2, 0.25) is 0 Å². The normalized spacial score (nSPS) is 12.2. The lowest BCUT2D eigenvalue weighted by atomic mass is 10.1. The molecule has 0 saturated carbocycles. The first kappa shape index (κ1) is 9.57. The summed E-state index contributed by atoms with van der Waals surface area (Å²) in [6, 6.07) is 4.58. The Balaban J connectivity index is 2.94. The number of hydrogen-bond acceptors (Lipinski definition) is 2. The number of halogens is 3. The lowest BCUT2D eigenvalue weighted by molar-refractivity contribution is -0.137. The van der Waals surface area contributed by atoms with Gasteiger partial charge in [-0.1, -0.05) is 12.1 Å². The van der Waals surface area contributed by atoms with E-state index in [-0.39, 0.29) is 0 Å². The van der Waals surface area contributed by atoms with Crippen LogP contribution in [0.4, 0.5) is 13.2 Å². The van der Waals surface area contributed by atoms with E-state index in [0.717, 1.165) is 12.1 Å². The highest BCUT2D eigenvalue weighted by Crippen LogP contribution is 2.28. The maximum Gasteiger partial charge on any atom is 0.416 e. The second-order valence-electron chi connectivity index (χ2n) is 2.40. The van der Waals surface area contributed by atoms with Crippen molar-refractivity contribution in [2.24, 2.45) is 10.9 Å². The minimum atomic E-state index is -4.29. The van der Waals surface area contributed by atoms with E-state index in [1.54, 1.807) is 0 Å². The average molecular weight is 188 g/mol. The van der Waals surface area contributed by atoms with Crippen molar-refractivity contribution >= 4 is 6.21 Å². The van der Waals surface area contributed by atoms with Crippen LogP contribution in [0.25, 0.3) is 0 Å². The molecule has 1 rings (SSSR count). The lowest BCUT2D eigenvalue weighted by Gasteiger charge is -2.05. The van der Waals surface area contributed by atoms with Gasteiger partial charge in [0, 0.05) is 0 Å². The van der Waals surface area contributed by atoms with Crippen molar-refractivity contribution in [1.29, 1.82) is 0 Å². The molecule has 0 aliphatic carbocycles. The fraction of sp³-hybridized carbons (Fsp3) is 0.125. The van der Waals surface area contributed by atoms with Crippen molar-refractivity contribution in [3.8, 4) is 0 Å². The molecule has 5 heteroatoms. The summed E-state index contributed by atoms with van der Waals surface area (Å²) in [5.41, 5.74) is -0.142. The molecule has 2 N–H and O–H groups in total. The molecule has 0 radical (unpaired) electrons. The molecular weight excluding hydrogens is 181 g/mol. The number of hydrogen-bond donors (Lipinski definition) is 1. The van der Waals surface area contributed by atoms with Crippen LogP contribution < -0.4 is 5.84 Å². The summed E-state index contributed by atoms with van der Waals surface area (Å²) in [4.78, 5) is 0. The summed E-state index contributed by atoms with van der Waals surface area (Å²) in [7, 11) is 0. The van der Waals surface area contributed by atoms with Crippen molar-refractivity contribution in [3.63, 3.8) is 0 Å². The predicted octanol–water partition coefficient (Wildman–Crippen LogP) is 2.00. The van der Waals surface area contributed by atoms with Crippen LogP contribution in [-0.2, 0) is 6.18 Å². The molecule has 0 aliphatic rings. The molecule has 0 amide bonds. The Labute approximate surface area is 72.9 Å². The average Bonchev–Trinajstić information content (AvgIpc) is 2.04. The summed E-state index contributed by atoms with van der Waals surface area (Å²) in [5.74, 6) is 4.83. The number of hydrazone groups is 1. The number of nitrogens with two attached hydrogens (primary N) is 1. The van der Waals surface area contributed by atoms with Crippen molar-refractivity contribution in [2.45, 2.75) is 6.18 Å². The molecule has 70 valence electrons. The van der Waals surface area contributed by atoms with Crippen LogP contribution in [0.3, 0.4) is 0 Å². The quantitative estimate of drug-likeness (QED) is 0.408. The van der Waals surface area contributed by atoms with Crippen molar-refractivity contribution in [1.82, 2.24) is 0 Å². The van der Waals surface area contributed by atoms with Gasteiger partial charge in [0.25, 0.3) is 0 Å². The Morgan fingerprint density at radius 1 is 1.15 bits per heavy atom. The molecule has 0 aliphatic heterocycles. The van der Waals surface area contributed by atoms with Crippen LogP contribution in [0.5, 0.6) is 0 Å². The third-order valence-corrected chi connectivity index (χ3v) is 1.46. The monoisotopic (exact) mass is 188 g/mol. The second-order valence-corrected chi connectivity index (χ2v) is 2.40. The van der Waals surface area contributed by atoms with Gasteiger partial charge in [-0.15, -0.1) is 0 Å². The predicted molar refractivity (Wildman–Crippen MR) is 43.2 cm³/mol. The molecule has 0 bridgehead atoms. The highest BCUT2D eigenvalue weighted by Gasteiger charge is 2.29. The summed E-state index contributed by atoms with van der Waals surface area (Å²) in [5, 5.41) is 3.19. The number of nitrogens with zero attached hydrogens (tertiary/aromatic N) is 1. The zero-order valence-corrected chi connectivity index (χ0v) is 6.55. The highest BCUT2D eigenvalue weighted by molar-refractivity contribution is 5.79. The number of alkyl halides is 3. The summed E-state index contributed by atoms with van der Waals surface area (Å²) in [6.45, 7) is 0. The molecule has 0 aromatic heterocycles. The van der Waals surface area contributed by atoms with Crippen molar-refractivity contribution < 1.29 is 13.2 Å². The standard InChI is InChI=1S/C8H7F3N2/c9-8(10,11)7-3-1-6(2-4-7)5-13-12/h1-5H,12H2/b13-5-. The molecule has 0 spiro atoms. The Hall–Kier alpha value is -1.52. The van der Waals surface area contributed by atoms with E-state index < -0.39 is 11.7 Å². The van der Waals surface area contributed by atoms with Gasteiger partial charge < -0.3 is 5.84 Å². The number of rotatable bonds is 1. The van der Waals surface area contributed by atoms with Gasteiger partial charge in [0.15, 0.2) is 0 Å². The summed E-state index contributed by atoms with van der Waals surface area (Å²) >= 11 is 0. The maximum absolute atomic E-state index is 12.0. The van der Waals surface area contributed by atoms with Gasteiger partial charge in [-0.25, -0.2) is 0 Å². The summed E-state index contributed by atoms with van der Waals surface area (Å²) < 4.78 is 36.1. The van der Waals surface area contributed by atoms with Crippen LogP contribution in [0, 0.1) is 0 Å². The highest BCUT2D eigenvalue weighted by atomic mass is 19.4. The third kappa shape index (κ3) is 2.47. The van der Waals surface area contributed by atoms with Crippen LogP contribution in [0.1, 0.15) is 11.1 Å². The third-order valence-electron chi connectivity index (χ3n) is 1.46. The Kier molecular flexibility index (Phi) is 2.55. The van der Waals surface area contributed by atoms with Crippen LogP contribution in [-0.4, -0.2) is 6.21 Å². The fourth-order valence-electron chi connectivity index (χ4n) is 0.844. The maximum atomic E-state index is 12.0. The Morgan fingerprint density at radius 2 is 1.69 bits per heavy atom. The van der Waals surface area contributed by atoms with Gasteiger partial charge in [-0.2, -0.15) is 18.3 Å². The van der Waals surface area contributed by atoms with Crippen molar-refractivity contribution in [2.75, 3.05) is 0 Å². The summed E-state index contributed by atoms with van der Waals surface area (Å²) in [6.07, 6.45) is -3.02. The molecule has 0 atom stereocenters. The molecule has 0 heterocycles. The molecule has 1 aromatic carbocycles. The van der Waals surface area contributed by atoms with E-state index >= 15 is 0 Å². The molecule has 13 heavy (non-hydrogen) atoms. The first-order chi connectivity index (χ1) is 6.04. The first-order valence-electron chi connectivity index (χ1n) is 3.44. The topological polar surface area (TPSA) is 38.4 Å². The zero-order valence-electron chi connectivity index (χ0n) is 6.55. The lowest BCUT2D eigenvalue weighted by Crippen LogP contribution is -2.04. The Morgan fingerprint density at radius 3 is 2.08 bits per heavy atom. The van der Waals surface area contributed by atoms with E-state index in [1.165, 1.54) is 18.3 Å². The Bertz CT molecular complexity index is 300. The minimum Gasteiger partial charge on any atom is -0.323 e. The van der Waals surface area contributed by atoms with Crippen LogP contribution >= 0.6 is 0 Å². The van der Waals surface area contributed by atoms with Crippen molar-refractivity contribution in [3.05, 3.63) is 35.4 Å². The minimum absolute atomic E-state index is 0.538. The van der Waals surface area contributed by atoms with E-state index in [4.69, 9.17) is 5.84 Å². The zero-order chi connectivity index (χ0) is 9.90.